The van der Waals surface area contributed by atoms with Gasteiger partial charge in [-0.1, -0.05) is 109 Å². The standard InChI is InChI=1S/C41H34O4/c42-23-25-44-35-17-13-33(14-18-35)41(34-15-19-36(20-16-34)45-26-24-43)39-22-12-31(29-7-3-1-4-8-29)27-38(39)37-21-11-32(28-40(37)41)30-9-5-2-6-10-30/h1-22,27-28,42-43H,23-26H2. The van der Waals surface area contributed by atoms with Crippen molar-refractivity contribution in [3.8, 4) is 44.9 Å². The van der Waals surface area contributed by atoms with Gasteiger partial charge in [-0.05, 0) is 92.0 Å². The Kier molecular flexibility index (Phi) is 7.91. The molecular weight excluding hydrogens is 556 g/mol. The third kappa shape index (κ3) is 5.18. The van der Waals surface area contributed by atoms with Gasteiger partial charge in [-0.15, -0.1) is 0 Å². The minimum absolute atomic E-state index is 0.0385. The van der Waals surface area contributed by atoms with Gasteiger partial charge in [0.25, 0.3) is 0 Å². The highest BCUT2D eigenvalue weighted by Crippen LogP contribution is 2.57. The quantitative estimate of drug-likeness (QED) is 0.169. The zero-order valence-electron chi connectivity index (χ0n) is 24.9. The van der Waals surface area contributed by atoms with Crippen molar-refractivity contribution in [3.05, 3.63) is 168 Å². The van der Waals surface area contributed by atoms with Crippen LogP contribution < -0.4 is 9.47 Å². The number of aliphatic hydroxyl groups is 2. The molecule has 0 radical (unpaired) electrons. The van der Waals surface area contributed by atoms with Crippen molar-refractivity contribution in [2.75, 3.05) is 26.4 Å². The molecule has 0 saturated heterocycles. The molecule has 0 spiro atoms. The molecule has 0 atom stereocenters. The second-order valence-electron chi connectivity index (χ2n) is 11.2. The number of hydrogen-bond acceptors (Lipinski definition) is 4. The first-order valence-corrected chi connectivity index (χ1v) is 15.3. The van der Waals surface area contributed by atoms with Crippen molar-refractivity contribution in [1.82, 2.24) is 0 Å². The summed E-state index contributed by atoms with van der Waals surface area (Å²) in [6, 6.07) is 51.2. The molecule has 1 aliphatic carbocycles. The fourth-order valence-corrected chi connectivity index (χ4v) is 6.67. The van der Waals surface area contributed by atoms with Crippen molar-refractivity contribution in [2.24, 2.45) is 0 Å². The highest BCUT2D eigenvalue weighted by molar-refractivity contribution is 5.90. The molecule has 1 aliphatic rings. The maximum atomic E-state index is 9.31. The first kappa shape index (κ1) is 28.6. The number of fused-ring (bicyclic) bond motifs is 3. The highest BCUT2D eigenvalue weighted by atomic mass is 16.5. The number of hydrogen-bond donors (Lipinski definition) is 2. The Balaban J connectivity index is 1.50. The Bertz CT molecular complexity index is 1850. The molecule has 0 heterocycles. The van der Waals surface area contributed by atoms with Crippen LogP contribution in [0.4, 0.5) is 0 Å². The highest BCUT2D eigenvalue weighted by Gasteiger charge is 2.46. The molecule has 6 aromatic rings. The Morgan fingerprint density at radius 3 is 1.42 bits per heavy atom. The number of benzene rings is 6. The van der Waals surface area contributed by atoms with Gasteiger partial charge in [-0.2, -0.15) is 0 Å². The van der Waals surface area contributed by atoms with Gasteiger partial charge in [0.2, 0.25) is 0 Å². The first-order chi connectivity index (χ1) is 22.2. The second-order valence-corrected chi connectivity index (χ2v) is 11.2. The minimum Gasteiger partial charge on any atom is -0.491 e. The van der Waals surface area contributed by atoms with Crippen LogP contribution in [0, 0.1) is 0 Å². The lowest BCUT2D eigenvalue weighted by atomic mass is 9.67. The Morgan fingerprint density at radius 1 is 0.422 bits per heavy atom. The van der Waals surface area contributed by atoms with E-state index in [-0.39, 0.29) is 26.4 Å². The maximum absolute atomic E-state index is 9.31. The topological polar surface area (TPSA) is 58.9 Å². The van der Waals surface area contributed by atoms with Crippen LogP contribution in [0.15, 0.2) is 146 Å². The zero-order chi connectivity index (χ0) is 30.6. The largest absolute Gasteiger partial charge is 0.491 e. The van der Waals surface area contributed by atoms with Crippen molar-refractivity contribution in [2.45, 2.75) is 5.41 Å². The molecule has 6 aromatic carbocycles. The van der Waals surface area contributed by atoms with Gasteiger partial charge in [0.05, 0.1) is 18.6 Å². The SMILES string of the molecule is OCCOc1ccc(C2(c3ccc(OCCO)cc3)c3ccc(-c4ccccc4)cc3-c3ccc(-c4ccccc4)cc32)cc1. The summed E-state index contributed by atoms with van der Waals surface area (Å²) < 4.78 is 11.5. The Hall–Kier alpha value is -5.16. The molecule has 4 heteroatoms. The summed E-state index contributed by atoms with van der Waals surface area (Å²) in [6.45, 7) is 0.411. The molecule has 7 rings (SSSR count). The second kappa shape index (κ2) is 12.4. The predicted molar refractivity (Wildman–Crippen MR) is 180 cm³/mol. The summed E-state index contributed by atoms with van der Waals surface area (Å²) in [5, 5.41) is 18.6. The van der Waals surface area contributed by atoms with Crippen LogP contribution in [-0.4, -0.2) is 36.6 Å². The molecule has 0 aromatic heterocycles. The van der Waals surface area contributed by atoms with E-state index in [4.69, 9.17) is 9.47 Å². The third-order valence-electron chi connectivity index (χ3n) is 8.65. The minimum atomic E-state index is -0.629. The molecule has 0 bridgehead atoms. The summed E-state index contributed by atoms with van der Waals surface area (Å²) >= 11 is 0. The molecule has 0 fully saturated rings. The van der Waals surface area contributed by atoms with E-state index in [0.29, 0.717) is 11.5 Å². The van der Waals surface area contributed by atoms with E-state index >= 15 is 0 Å². The van der Waals surface area contributed by atoms with Crippen molar-refractivity contribution < 1.29 is 19.7 Å². The van der Waals surface area contributed by atoms with E-state index in [1.165, 1.54) is 33.4 Å². The molecule has 4 nitrogen and oxygen atoms in total. The van der Waals surface area contributed by atoms with Gasteiger partial charge in [0, 0.05) is 0 Å². The summed E-state index contributed by atoms with van der Waals surface area (Å²) in [5.41, 5.74) is 11.1. The molecule has 2 N–H and O–H groups in total. The molecule has 0 unspecified atom stereocenters. The van der Waals surface area contributed by atoms with Crippen molar-refractivity contribution in [1.29, 1.82) is 0 Å². The van der Waals surface area contributed by atoms with Crippen LogP contribution in [0.3, 0.4) is 0 Å². The third-order valence-corrected chi connectivity index (χ3v) is 8.65. The van der Waals surface area contributed by atoms with E-state index in [0.717, 1.165) is 22.3 Å². The van der Waals surface area contributed by atoms with Crippen LogP contribution in [0.1, 0.15) is 22.3 Å². The molecular formula is C41H34O4. The normalized spacial score (nSPS) is 12.8. The van der Waals surface area contributed by atoms with Crippen molar-refractivity contribution >= 4 is 0 Å². The monoisotopic (exact) mass is 590 g/mol. The molecule has 0 amide bonds. The Morgan fingerprint density at radius 2 is 0.911 bits per heavy atom. The van der Waals surface area contributed by atoms with Gasteiger partial charge in [-0.25, -0.2) is 0 Å². The summed E-state index contributed by atoms with van der Waals surface area (Å²) in [7, 11) is 0. The van der Waals surface area contributed by atoms with E-state index in [1.807, 2.05) is 36.4 Å². The van der Waals surface area contributed by atoms with E-state index in [2.05, 4.69) is 109 Å². The van der Waals surface area contributed by atoms with Gasteiger partial charge < -0.3 is 19.7 Å². The summed E-state index contributed by atoms with van der Waals surface area (Å²) in [4.78, 5) is 0. The lowest BCUT2D eigenvalue weighted by Crippen LogP contribution is -2.28. The van der Waals surface area contributed by atoms with Crippen LogP contribution in [0.2, 0.25) is 0 Å². The lowest BCUT2D eigenvalue weighted by Gasteiger charge is -2.34. The van der Waals surface area contributed by atoms with Crippen LogP contribution >= 0.6 is 0 Å². The molecule has 0 aliphatic heterocycles. The van der Waals surface area contributed by atoms with E-state index in [1.54, 1.807) is 0 Å². The Labute approximate surface area is 263 Å². The fourth-order valence-electron chi connectivity index (χ4n) is 6.67. The van der Waals surface area contributed by atoms with E-state index in [9.17, 15) is 10.2 Å². The smallest absolute Gasteiger partial charge is 0.119 e. The number of ether oxygens (including phenoxy) is 2. The average Bonchev–Trinajstić information content (AvgIpc) is 3.40. The lowest BCUT2D eigenvalue weighted by molar-refractivity contribution is 0.201. The first-order valence-electron chi connectivity index (χ1n) is 15.3. The maximum Gasteiger partial charge on any atom is 0.119 e. The van der Waals surface area contributed by atoms with Crippen LogP contribution in [0.5, 0.6) is 11.5 Å². The van der Waals surface area contributed by atoms with E-state index < -0.39 is 5.41 Å². The molecule has 0 saturated carbocycles. The van der Waals surface area contributed by atoms with Crippen LogP contribution in [0.25, 0.3) is 33.4 Å². The molecule has 222 valence electrons. The number of aliphatic hydroxyl groups excluding tert-OH is 2. The summed E-state index contributed by atoms with van der Waals surface area (Å²) in [5.74, 6) is 1.43. The van der Waals surface area contributed by atoms with Gasteiger partial charge >= 0.3 is 0 Å². The number of rotatable bonds is 10. The van der Waals surface area contributed by atoms with Crippen molar-refractivity contribution in [3.63, 3.8) is 0 Å². The van der Waals surface area contributed by atoms with Gasteiger partial charge in [0.15, 0.2) is 0 Å². The van der Waals surface area contributed by atoms with Crippen LogP contribution in [-0.2, 0) is 5.41 Å². The van der Waals surface area contributed by atoms with Gasteiger partial charge in [-0.3, -0.25) is 0 Å². The van der Waals surface area contributed by atoms with Gasteiger partial charge in [0.1, 0.15) is 24.7 Å². The average molecular weight is 591 g/mol. The predicted octanol–water partition coefficient (Wildman–Crippen LogP) is 8.13. The molecule has 45 heavy (non-hydrogen) atoms. The summed E-state index contributed by atoms with van der Waals surface area (Å²) in [6.07, 6.45) is 0. The fraction of sp³-hybridized carbons (Fsp3) is 0.122. The zero-order valence-corrected chi connectivity index (χ0v) is 24.9.